The Balaban J connectivity index is 1.78. The van der Waals surface area contributed by atoms with Crippen LogP contribution in [-0.2, 0) is 11.3 Å². The molecule has 0 bridgehead atoms. The number of benzene rings is 1. The Hall–Kier alpha value is -1.35. The van der Waals surface area contributed by atoms with E-state index in [0.717, 1.165) is 38.8 Å². The van der Waals surface area contributed by atoms with Gasteiger partial charge in [0.1, 0.15) is 0 Å². The summed E-state index contributed by atoms with van der Waals surface area (Å²) in [6, 6.07) is 10.9. The maximum Gasteiger partial charge on any atom is 0.243 e. The summed E-state index contributed by atoms with van der Waals surface area (Å²) < 4.78 is 0. The van der Waals surface area contributed by atoms with Crippen LogP contribution in [0, 0.1) is 0 Å². The molecule has 2 aliphatic rings. The zero-order chi connectivity index (χ0) is 14.7. The molecule has 1 N–H and O–H groups in total. The first kappa shape index (κ1) is 14.6. The van der Waals surface area contributed by atoms with Crippen LogP contribution in [-0.4, -0.2) is 28.9 Å². The number of amides is 1. The maximum atomic E-state index is 13.2. The van der Waals surface area contributed by atoms with Crippen molar-refractivity contribution >= 4 is 5.91 Å². The lowest BCUT2D eigenvalue weighted by Gasteiger charge is -2.35. The molecule has 3 nitrogen and oxygen atoms in total. The molecule has 0 spiro atoms. The van der Waals surface area contributed by atoms with Crippen LogP contribution >= 0.6 is 0 Å². The molecule has 1 aliphatic heterocycles. The highest BCUT2D eigenvalue weighted by Crippen LogP contribution is 2.34. The van der Waals surface area contributed by atoms with Crippen LogP contribution in [0.1, 0.15) is 51.0 Å². The first-order valence-corrected chi connectivity index (χ1v) is 8.35. The van der Waals surface area contributed by atoms with Crippen molar-refractivity contribution in [3.63, 3.8) is 0 Å². The predicted molar refractivity (Wildman–Crippen MR) is 84.9 cm³/mol. The number of hydrogen-bond acceptors (Lipinski definition) is 2. The Kier molecular flexibility index (Phi) is 4.29. The Morgan fingerprint density at radius 2 is 2.10 bits per heavy atom. The Bertz CT molecular complexity index is 475. The van der Waals surface area contributed by atoms with Crippen molar-refractivity contribution in [2.24, 2.45) is 0 Å². The van der Waals surface area contributed by atoms with Gasteiger partial charge in [0, 0.05) is 12.6 Å². The van der Waals surface area contributed by atoms with Gasteiger partial charge in [0.25, 0.3) is 0 Å². The minimum Gasteiger partial charge on any atom is -0.334 e. The molecular weight excluding hydrogens is 260 g/mol. The van der Waals surface area contributed by atoms with E-state index >= 15 is 0 Å². The average Bonchev–Trinajstić information content (AvgIpc) is 3.24. The van der Waals surface area contributed by atoms with Gasteiger partial charge in [-0.15, -0.1) is 0 Å². The van der Waals surface area contributed by atoms with Crippen molar-refractivity contribution in [1.29, 1.82) is 0 Å². The Morgan fingerprint density at radius 1 is 1.33 bits per heavy atom. The molecule has 1 saturated carbocycles. The van der Waals surface area contributed by atoms with E-state index in [-0.39, 0.29) is 5.54 Å². The summed E-state index contributed by atoms with van der Waals surface area (Å²) in [6.45, 7) is 3.92. The predicted octanol–water partition coefficient (Wildman–Crippen LogP) is 3.10. The first-order valence-electron chi connectivity index (χ1n) is 8.35. The summed E-state index contributed by atoms with van der Waals surface area (Å²) in [7, 11) is 0. The lowest BCUT2D eigenvalue weighted by molar-refractivity contribution is -0.139. The number of carbonyl (C=O) groups excluding carboxylic acids is 1. The molecule has 1 atom stereocenters. The topological polar surface area (TPSA) is 32.3 Å². The number of nitrogens with one attached hydrogen (secondary N) is 1. The lowest BCUT2D eigenvalue weighted by Crippen LogP contribution is -2.55. The fraction of sp³-hybridized carbons (Fsp3) is 0.611. The maximum absolute atomic E-state index is 13.2. The lowest BCUT2D eigenvalue weighted by atomic mass is 9.90. The quantitative estimate of drug-likeness (QED) is 0.871. The third-order valence-corrected chi connectivity index (χ3v) is 4.77. The van der Waals surface area contributed by atoms with Gasteiger partial charge in [-0.3, -0.25) is 4.79 Å². The summed E-state index contributed by atoms with van der Waals surface area (Å²) in [4.78, 5) is 15.3. The summed E-state index contributed by atoms with van der Waals surface area (Å²) >= 11 is 0. The standard InChI is InChI=1S/C18H26N2O/c1-2-11-18(12-6-13-19-18)17(21)20(16-9-10-16)14-15-7-4-3-5-8-15/h3-5,7-8,16,19H,2,6,9-14H2,1H3. The van der Waals surface area contributed by atoms with E-state index in [1.54, 1.807) is 0 Å². The summed E-state index contributed by atoms with van der Waals surface area (Å²) in [6.07, 6.45) is 6.47. The second kappa shape index (κ2) is 6.18. The SMILES string of the molecule is CCCC1(C(=O)N(Cc2ccccc2)C2CC2)CCCN1. The van der Waals surface area contributed by atoms with Gasteiger partial charge in [-0.25, -0.2) is 0 Å². The van der Waals surface area contributed by atoms with Crippen molar-refractivity contribution in [3.8, 4) is 0 Å². The van der Waals surface area contributed by atoms with E-state index in [0.29, 0.717) is 11.9 Å². The normalized spacial score (nSPS) is 25.0. The second-order valence-corrected chi connectivity index (χ2v) is 6.51. The van der Waals surface area contributed by atoms with E-state index in [1.807, 2.05) is 6.07 Å². The van der Waals surface area contributed by atoms with Gasteiger partial charge in [-0.1, -0.05) is 43.7 Å². The molecule has 0 radical (unpaired) electrons. The summed E-state index contributed by atoms with van der Waals surface area (Å²) in [5.41, 5.74) is 0.953. The van der Waals surface area contributed by atoms with Crippen molar-refractivity contribution in [3.05, 3.63) is 35.9 Å². The van der Waals surface area contributed by atoms with Gasteiger partial charge in [0.15, 0.2) is 0 Å². The Morgan fingerprint density at radius 3 is 2.67 bits per heavy atom. The van der Waals surface area contributed by atoms with Gasteiger partial charge in [-0.05, 0) is 44.2 Å². The van der Waals surface area contributed by atoms with Gasteiger partial charge in [0.2, 0.25) is 5.91 Å². The summed E-state index contributed by atoms with van der Waals surface area (Å²) in [5, 5.41) is 3.53. The smallest absolute Gasteiger partial charge is 0.243 e. The molecule has 1 aliphatic carbocycles. The Labute approximate surface area is 127 Å². The van der Waals surface area contributed by atoms with Gasteiger partial charge in [0.05, 0.1) is 5.54 Å². The van der Waals surface area contributed by atoms with Crippen molar-refractivity contribution < 1.29 is 4.79 Å². The van der Waals surface area contributed by atoms with E-state index in [1.165, 1.54) is 18.4 Å². The molecule has 0 aromatic heterocycles. The van der Waals surface area contributed by atoms with Crippen LogP contribution in [0.4, 0.5) is 0 Å². The highest BCUT2D eigenvalue weighted by Gasteiger charge is 2.45. The zero-order valence-corrected chi connectivity index (χ0v) is 13.0. The molecule has 1 aromatic rings. The van der Waals surface area contributed by atoms with E-state index in [2.05, 4.69) is 41.4 Å². The number of hydrogen-bond donors (Lipinski definition) is 1. The molecule has 1 unspecified atom stereocenters. The third kappa shape index (κ3) is 3.13. The van der Waals surface area contributed by atoms with E-state index < -0.39 is 0 Å². The van der Waals surface area contributed by atoms with E-state index in [4.69, 9.17) is 0 Å². The molecule has 1 heterocycles. The number of nitrogens with zero attached hydrogens (tertiary/aromatic N) is 1. The molecule has 1 amide bonds. The number of carbonyl (C=O) groups is 1. The van der Waals surface area contributed by atoms with Crippen LogP contribution < -0.4 is 5.32 Å². The van der Waals surface area contributed by atoms with Gasteiger partial charge in [-0.2, -0.15) is 0 Å². The molecule has 114 valence electrons. The molecule has 1 aromatic carbocycles. The van der Waals surface area contributed by atoms with E-state index in [9.17, 15) is 4.79 Å². The monoisotopic (exact) mass is 286 g/mol. The molecule has 1 saturated heterocycles. The number of rotatable bonds is 6. The highest BCUT2D eigenvalue weighted by atomic mass is 16.2. The molecule has 2 fully saturated rings. The fourth-order valence-electron chi connectivity index (χ4n) is 3.54. The van der Waals surface area contributed by atoms with Crippen LogP contribution in [0.25, 0.3) is 0 Å². The summed E-state index contributed by atoms with van der Waals surface area (Å²) in [5.74, 6) is 0.341. The van der Waals surface area contributed by atoms with Crippen LogP contribution in [0.5, 0.6) is 0 Å². The molecule has 21 heavy (non-hydrogen) atoms. The third-order valence-electron chi connectivity index (χ3n) is 4.77. The highest BCUT2D eigenvalue weighted by molar-refractivity contribution is 5.87. The first-order chi connectivity index (χ1) is 10.2. The van der Waals surface area contributed by atoms with Crippen LogP contribution in [0.15, 0.2) is 30.3 Å². The van der Waals surface area contributed by atoms with Crippen molar-refractivity contribution in [2.45, 2.75) is 63.6 Å². The molecule has 3 heteroatoms. The zero-order valence-electron chi connectivity index (χ0n) is 13.0. The minimum absolute atomic E-state index is 0.286. The van der Waals surface area contributed by atoms with Gasteiger partial charge < -0.3 is 10.2 Å². The second-order valence-electron chi connectivity index (χ2n) is 6.51. The average molecular weight is 286 g/mol. The largest absolute Gasteiger partial charge is 0.334 e. The minimum atomic E-state index is -0.286. The van der Waals surface area contributed by atoms with Crippen LogP contribution in [0.2, 0.25) is 0 Å². The fourth-order valence-corrected chi connectivity index (χ4v) is 3.54. The van der Waals surface area contributed by atoms with Crippen LogP contribution in [0.3, 0.4) is 0 Å². The van der Waals surface area contributed by atoms with Crippen molar-refractivity contribution in [2.75, 3.05) is 6.54 Å². The molecule has 3 rings (SSSR count). The van der Waals surface area contributed by atoms with Gasteiger partial charge >= 0.3 is 0 Å². The molecular formula is C18H26N2O. The van der Waals surface area contributed by atoms with Crippen molar-refractivity contribution in [1.82, 2.24) is 10.2 Å².